The van der Waals surface area contributed by atoms with Crippen molar-refractivity contribution >= 4 is 11.3 Å². The standard InChI is InChI=1S/C12H14N2S/c1-4-10-9(3)14-12(15-10)11-8(2)6-5-7-13-11/h5-7H,4H2,1-3H3. The highest BCUT2D eigenvalue weighted by atomic mass is 32.1. The summed E-state index contributed by atoms with van der Waals surface area (Å²) in [4.78, 5) is 10.3. The maximum atomic E-state index is 4.57. The van der Waals surface area contributed by atoms with Crippen molar-refractivity contribution in [1.82, 2.24) is 9.97 Å². The molecule has 15 heavy (non-hydrogen) atoms. The topological polar surface area (TPSA) is 25.8 Å². The summed E-state index contributed by atoms with van der Waals surface area (Å²) in [5, 5.41) is 1.04. The van der Waals surface area contributed by atoms with Crippen molar-refractivity contribution in [3.8, 4) is 10.7 Å². The largest absolute Gasteiger partial charge is 0.253 e. The van der Waals surface area contributed by atoms with Gasteiger partial charge in [0, 0.05) is 11.1 Å². The number of hydrogen-bond donors (Lipinski definition) is 0. The predicted molar refractivity (Wildman–Crippen MR) is 64.2 cm³/mol. The molecule has 0 amide bonds. The van der Waals surface area contributed by atoms with Crippen molar-refractivity contribution < 1.29 is 0 Å². The minimum atomic E-state index is 1.02. The van der Waals surface area contributed by atoms with Crippen LogP contribution >= 0.6 is 11.3 Å². The third kappa shape index (κ3) is 1.92. The SMILES string of the molecule is CCc1sc(-c2ncccc2C)nc1C. The first-order valence-corrected chi connectivity index (χ1v) is 5.92. The van der Waals surface area contributed by atoms with Crippen LogP contribution in [0.15, 0.2) is 18.3 Å². The average molecular weight is 218 g/mol. The molecule has 78 valence electrons. The first-order valence-electron chi connectivity index (χ1n) is 5.10. The van der Waals surface area contributed by atoms with Gasteiger partial charge in [-0.2, -0.15) is 0 Å². The fourth-order valence-corrected chi connectivity index (χ4v) is 2.63. The number of aromatic nitrogens is 2. The van der Waals surface area contributed by atoms with Crippen molar-refractivity contribution in [2.24, 2.45) is 0 Å². The van der Waals surface area contributed by atoms with Gasteiger partial charge in [0.1, 0.15) is 10.7 Å². The van der Waals surface area contributed by atoms with Gasteiger partial charge in [-0.3, -0.25) is 4.98 Å². The van der Waals surface area contributed by atoms with Crippen LogP contribution in [0.3, 0.4) is 0 Å². The second kappa shape index (κ2) is 4.11. The first-order chi connectivity index (χ1) is 7.22. The van der Waals surface area contributed by atoms with Gasteiger partial charge in [-0.05, 0) is 31.9 Å². The molecule has 2 aromatic heterocycles. The van der Waals surface area contributed by atoms with Crippen LogP contribution in [0.4, 0.5) is 0 Å². The lowest BCUT2D eigenvalue weighted by atomic mass is 10.2. The Bertz CT molecular complexity index is 474. The van der Waals surface area contributed by atoms with Gasteiger partial charge in [-0.1, -0.05) is 13.0 Å². The summed E-state index contributed by atoms with van der Waals surface area (Å²) in [6.45, 7) is 6.30. The summed E-state index contributed by atoms with van der Waals surface area (Å²) in [5.41, 5.74) is 3.35. The molecule has 0 aliphatic carbocycles. The van der Waals surface area contributed by atoms with Crippen molar-refractivity contribution in [3.05, 3.63) is 34.5 Å². The molecule has 0 radical (unpaired) electrons. The van der Waals surface area contributed by atoms with Crippen molar-refractivity contribution in [3.63, 3.8) is 0 Å². The van der Waals surface area contributed by atoms with Crippen LogP contribution in [0.2, 0.25) is 0 Å². The number of rotatable bonds is 2. The third-order valence-electron chi connectivity index (χ3n) is 2.43. The Morgan fingerprint density at radius 1 is 1.33 bits per heavy atom. The molecule has 0 fully saturated rings. The van der Waals surface area contributed by atoms with Crippen LogP contribution in [0.5, 0.6) is 0 Å². The zero-order valence-electron chi connectivity index (χ0n) is 9.24. The summed E-state index contributed by atoms with van der Waals surface area (Å²) in [7, 11) is 0. The van der Waals surface area contributed by atoms with E-state index in [9.17, 15) is 0 Å². The van der Waals surface area contributed by atoms with Gasteiger partial charge in [0.2, 0.25) is 0 Å². The zero-order chi connectivity index (χ0) is 10.8. The highest BCUT2D eigenvalue weighted by molar-refractivity contribution is 7.15. The molecule has 2 rings (SSSR count). The Morgan fingerprint density at radius 2 is 2.13 bits per heavy atom. The molecule has 0 aliphatic rings. The van der Waals surface area contributed by atoms with Crippen LogP contribution in [-0.4, -0.2) is 9.97 Å². The van der Waals surface area contributed by atoms with Gasteiger partial charge in [0.05, 0.1) is 5.69 Å². The molecule has 0 spiro atoms. The van der Waals surface area contributed by atoms with Crippen LogP contribution in [0.1, 0.15) is 23.1 Å². The third-order valence-corrected chi connectivity index (χ3v) is 3.73. The molecule has 0 saturated heterocycles. The normalized spacial score (nSPS) is 10.6. The van der Waals surface area contributed by atoms with E-state index in [2.05, 4.69) is 36.8 Å². The molecule has 0 N–H and O–H groups in total. The van der Waals surface area contributed by atoms with Crippen LogP contribution in [0.25, 0.3) is 10.7 Å². The quantitative estimate of drug-likeness (QED) is 0.772. The van der Waals surface area contributed by atoms with Crippen molar-refractivity contribution in [2.75, 3.05) is 0 Å². The second-order valence-electron chi connectivity index (χ2n) is 3.55. The van der Waals surface area contributed by atoms with Crippen LogP contribution < -0.4 is 0 Å². The minimum Gasteiger partial charge on any atom is -0.253 e. The van der Waals surface area contributed by atoms with Gasteiger partial charge in [-0.25, -0.2) is 4.98 Å². The second-order valence-corrected chi connectivity index (χ2v) is 4.63. The minimum absolute atomic E-state index is 1.02. The Kier molecular flexibility index (Phi) is 2.82. The highest BCUT2D eigenvalue weighted by Crippen LogP contribution is 2.28. The number of aryl methyl sites for hydroxylation is 3. The summed E-state index contributed by atoms with van der Waals surface area (Å²) >= 11 is 1.75. The maximum Gasteiger partial charge on any atom is 0.142 e. The van der Waals surface area contributed by atoms with Crippen molar-refractivity contribution in [2.45, 2.75) is 27.2 Å². The van der Waals surface area contributed by atoms with Gasteiger partial charge < -0.3 is 0 Å². The number of pyridine rings is 1. The van der Waals surface area contributed by atoms with E-state index in [-0.39, 0.29) is 0 Å². The van der Waals surface area contributed by atoms with E-state index in [0.29, 0.717) is 0 Å². The first kappa shape index (κ1) is 10.3. The fourth-order valence-electron chi connectivity index (χ4n) is 1.57. The molecule has 2 aromatic rings. The van der Waals surface area contributed by atoms with Gasteiger partial charge in [0.15, 0.2) is 0 Å². The number of hydrogen-bond acceptors (Lipinski definition) is 3. The fraction of sp³-hybridized carbons (Fsp3) is 0.333. The number of thiazole rings is 1. The zero-order valence-corrected chi connectivity index (χ0v) is 10.1. The van der Waals surface area contributed by atoms with E-state index in [1.165, 1.54) is 10.4 Å². The summed E-state index contributed by atoms with van der Waals surface area (Å²) in [6, 6.07) is 4.03. The molecule has 0 aliphatic heterocycles. The van der Waals surface area contributed by atoms with Gasteiger partial charge in [0.25, 0.3) is 0 Å². The number of nitrogens with zero attached hydrogens (tertiary/aromatic N) is 2. The van der Waals surface area contributed by atoms with Crippen LogP contribution in [0, 0.1) is 13.8 Å². The monoisotopic (exact) mass is 218 g/mol. The van der Waals surface area contributed by atoms with E-state index in [4.69, 9.17) is 0 Å². The van der Waals surface area contributed by atoms with E-state index >= 15 is 0 Å². The summed E-state index contributed by atoms with van der Waals surface area (Å²) < 4.78 is 0. The van der Waals surface area contributed by atoms with E-state index in [1.807, 2.05) is 12.3 Å². The summed E-state index contributed by atoms with van der Waals surface area (Å²) in [6.07, 6.45) is 2.88. The van der Waals surface area contributed by atoms with Crippen molar-refractivity contribution in [1.29, 1.82) is 0 Å². The lowest BCUT2D eigenvalue weighted by molar-refractivity contribution is 1.11. The Labute approximate surface area is 94.0 Å². The average Bonchev–Trinajstić information content (AvgIpc) is 2.60. The van der Waals surface area contributed by atoms with E-state index in [0.717, 1.165) is 22.8 Å². The van der Waals surface area contributed by atoms with E-state index < -0.39 is 0 Å². The smallest absolute Gasteiger partial charge is 0.142 e. The predicted octanol–water partition coefficient (Wildman–Crippen LogP) is 3.38. The maximum absolute atomic E-state index is 4.57. The molecule has 0 unspecified atom stereocenters. The Hall–Kier alpha value is -1.22. The molecule has 3 heteroatoms. The molecular weight excluding hydrogens is 204 g/mol. The molecule has 0 aromatic carbocycles. The molecule has 2 heterocycles. The lowest BCUT2D eigenvalue weighted by Crippen LogP contribution is -1.86. The molecule has 2 nitrogen and oxygen atoms in total. The lowest BCUT2D eigenvalue weighted by Gasteiger charge is -1.98. The molecule has 0 saturated carbocycles. The molecule has 0 bridgehead atoms. The molecule has 0 atom stereocenters. The summed E-state index contributed by atoms with van der Waals surface area (Å²) in [5.74, 6) is 0. The van der Waals surface area contributed by atoms with Gasteiger partial charge in [-0.15, -0.1) is 11.3 Å². The van der Waals surface area contributed by atoms with Crippen LogP contribution in [-0.2, 0) is 6.42 Å². The Morgan fingerprint density at radius 3 is 2.73 bits per heavy atom. The molecular formula is C12H14N2S. The van der Waals surface area contributed by atoms with Gasteiger partial charge >= 0.3 is 0 Å². The van der Waals surface area contributed by atoms with E-state index in [1.54, 1.807) is 11.3 Å². The highest BCUT2D eigenvalue weighted by Gasteiger charge is 2.10. The Balaban J connectivity index is 2.50.